The first-order valence-electron chi connectivity index (χ1n) is 15.9. The van der Waals surface area contributed by atoms with Gasteiger partial charge in [0.1, 0.15) is 6.10 Å². The van der Waals surface area contributed by atoms with Crippen molar-refractivity contribution in [1.82, 2.24) is 9.80 Å². The van der Waals surface area contributed by atoms with Crippen molar-refractivity contribution in [2.75, 3.05) is 39.5 Å². The van der Waals surface area contributed by atoms with Gasteiger partial charge in [-0.25, -0.2) is 0 Å². The standard InChI is InChI=1S/C36H44N2O7S2/c1-22-10-11-28(32-35(46-6)33(42-23(2)39)34(43-24(3)40)36(45-32)44-25(4)41)19-29(22)20-30-12-13-31(47-30)27-9-7-8-26(18-27)21-38-16-14-37(5)15-17-38/h7-13,18-19,32-36H,14-17,20-21H2,1-6H3. The molecule has 5 rings (SSSR count). The Morgan fingerprint density at radius 3 is 2.28 bits per heavy atom. The molecular formula is C36H44N2O7S2. The van der Waals surface area contributed by atoms with E-state index in [1.165, 1.54) is 53.4 Å². The van der Waals surface area contributed by atoms with E-state index in [1.807, 2.05) is 12.3 Å². The van der Waals surface area contributed by atoms with Gasteiger partial charge in [0.05, 0.1) is 5.25 Å². The fraction of sp³-hybridized carbons (Fsp3) is 0.472. The largest absolute Gasteiger partial charge is 0.457 e. The van der Waals surface area contributed by atoms with Gasteiger partial charge in [0.15, 0.2) is 6.10 Å². The maximum Gasteiger partial charge on any atom is 0.305 e. The van der Waals surface area contributed by atoms with Gasteiger partial charge in [-0.2, -0.15) is 11.8 Å². The molecule has 0 spiro atoms. The van der Waals surface area contributed by atoms with E-state index in [-0.39, 0.29) is 0 Å². The second-order valence-corrected chi connectivity index (χ2v) is 14.5. The monoisotopic (exact) mass is 680 g/mol. The number of ether oxygens (including phenoxy) is 4. The molecule has 2 aromatic carbocycles. The van der Waals surface area contributed by atoms with Gasteiger partial charge in [-0.05, 0) is 66.2 Å². The molecule has 0 radical (unpaired) electrons. The smallest absolute Gasteiger partial charge is 0.305 e. The molecule has 3 heterocycles. The lowest BCUT2D eigenvalue weighted by atomic mass is 9.92. The Morgan fingerprint density at radius 1 is 0.894 bits per heavy atom. The van der Waals surface area contributed by atoms with E-state index in [1.54, 1.807) is 11.3 Å². The predicted molar refractivity (Wildman–Crippen MR) is 184 cm³/mol. The topological polar surface area (TPSA) is 94.6 Å². The Bertz CT molecular complexity index is 1570. The molecule has 5 unspecified atom stereocenters. The minimum Gasteiger partial charge on any atom is -0.457 e. The SMILES string of the molecule is CSC1C(c2ccc(C)c(Cc3ccc(-c4cccc(CN5CCN(C)CC5)c4)s3)c2)OC(OC(C)=O)C(OC(C)=O)C1OC(C)=O. The number of hydrogen-bond donors (Lipinski definition) is 0. The van der Waals surface area contributed by atoms with E-state index in [4.69, 9.17) is 18.9 Å². The summed E-state index contributed by atoms with van der Waals surface area (Å²) in [4.78, 5) is 43.6. The molecule has 2 saturated heterocycles. The van der Waals surface area contributed by atoms with Crippen molar-refractivity contribution in [1.29, 1.82) is 0 Å². The van der Waals surface area contributed by atoms with Gasteiger partial charge in [-0.15, -0.1) is 11.3 Å². The zero-order valence-electron chi connectivity index (χ0n) is 27.9. The fourth-order valence-electron chi connectivity index (χ4n) is 6.20. The Hall–Kier alpha value is -3.22. The second-order valence-electron chi connectivity index (χ2n) is 12.3. The lowest BCUT2D eigenvalue weighted by molar-refractivity contribution is -0.266. The molecule has 0 amide bonds. The Morgan fingerprint density at radius 2 is 1.60 bits per heavy atom. The van der Waals surface area contributed by atoms with Crippen LogP contribution in [0.4, 0.5) is 0 Å². The van der Waals surface area contributed by atoms with Gasteiger partial charge >= 0.3 is 17.9 Å². The van der Waals surface area contributed by atoms with Crippen molar-refractivity contribution in [3.05, 3.63) is 81.7 Å². The van der Waals surface area contributed by atoms with E-state index in [0.29, 0.717) is 0 Å². The third-order valence-corrected chi connectivity index (χ3v) is 10.8. The summed E-state index contributed by atoms with van der Waals surface area (Å²) in [6.07, 6.45) is -1.23. The summed E-state index contributed by atoms with van der Waals surface area (Å²) in [7, 11) is 2.18. The summed E-state index contributed by atoms with van der Waals surface area (Å²) >= 11 is 3.23. The lowest BCUT2D eigenvalue weighted by Crippen LogP contribution is -2.57. The normalized spacial score (nSPS) is 23.7. The number of esters is 3. The summed E-state index contributed by atoms with van der Waals surface area (Å²) in [6.45, 7) is 11.3. The van der Waals surface area contributed by atoms with Gasteiger partial charge in [0, 0.05) is 69.7 Å². The van der Waals surface area contributed by atoms with Crippen molar-refractivity contribution in [2.45, 2.75) is 70.5 Å². The molecule has 9 nitrogen and oxygen atoms in total. The third-order valence-electron chi connectivity index (χ3n) is 8.59. The molecular weight excluding hydrogens is 637 g/mol. The number of carbonyl (C=O) groups is 3. The van der Waals surface area contributed by atoms with Gasteiger partial charge in [0.2, 0.25) is 12.4 Å². The van der Waals surface area contributed by atoms with Crippen LogP contribution in [0.25, 0.3) is 10.4 Å². The number of thiophene rings is 1. The van der Waals surface area contributed by atoms with Crippen LogP contribution >= 0.6 is 23.1 Å². The summed E-state index contributed by atoms with van der Waals surface area (Å²) in [5.74, 6) is -1.73. The second kappa shape index (κ2) is 15.8. The van der Waals surface area contributed by atoms with Crippen LogP contribution in [-0.4, -0.2) is 90.9 Å². The van der Waals surface area contributed by atoms with Crippen molar-refractivity contribution in [3.8, 4) is 10.4 Å². The van der Waals surface area contributed by atoms with Crippen molar-refractivity contribution < 1.29 is 33.3 Å². The molecule has 0 bridgehead atoms. The van der Waals surface area contributed by atoms with Crippen LogP contribution in [0.1, 0.15) is 54.0 Å². The number of thioether (sulfide) groups is 1. The molecule has 0 saturated carbocycles. The molecule has 0 N–H and O–H groups in total. The highest BCUT2D eigenvalue weighted by atomic mass is 32.2. The Balaban J connectivity index is 1.37. The molecule has 47 heavy (non-hydrogen) atoms. The van der Waals surface area contributed by atoms with E-state index < -0.39 is 47.8 Å². The Kier molecular flexibility index (Phi) is 11.8. The zero-order chi connectivity index (χ0) is 33.7. The van der Waals surface area contributed by atoms with Crippen LogP contribution in [0.15, 0.2) is 54.6 Å². The van der Waals surface area contributed by atoms with Gasteiger partial charge < -0.3 is 23.8 Å². The molecule has 1 aromatic heterocycles. The van der Waals surface area contributed by atoms with Crippen LogP contribution in [0.3, 0.4) is 0 Å². The molecule has 252 valence electrons. The van der Waals surface area contributed by atoms with Gasteiger partial charge in [-0.3, -0.25) is 19.3 Å². The minimum absolute atomic E-state index is 0.433. The number of likely N-dealkylation sites (N-methyl/N-ethyl adjacent to an activating group) is 1. The van der Waals surface area contributed by atoms with E-state index in [9.17, 15) is 14.4 Å². The number of piperazine rings is 1. The summed E-state index contributed by atoms with van der Waals surface area (Å²) in [6, 6.07) is 19.4. The summed E-state index contributed by atoms with van der Waals surface area (Å²) < 4.78 is 23.0. The first kappa shape index (κ1) is 35.1. The summed E-state index contributed by atoms with van der Waals surface area (Å²) in [5, 5.41) is -0.433. The van der Waals surface area contributed by atoms with Crippen LogP contribution in [0, 0.1) is 6.92 Å². The molecule has 11 heteroatoms. The van der Waals surface area contributed by atoms with Crippen molar-refractivity contribution >= 4 is 41.0 Å². The minimum atomic E-state index is -1.24. The lowest BCUT2D eigenvalue weighted by Gasteiger charge is -2.44. The zero-order valence-corrected chi connectivity index (χ0v) is 29.5. The number of aryl methyl sites for hydroxylation is 1. The molecule has 2 fully saturated rings. The molecule has 0 aliphatic carbocycles. The first-order valence-corrected chi connectivity index (χ1v) is 18.0. The maximum absolute atomic E-state index is 12.2. The predicted octanol–water partition coefficient (Wildman–Crippen LogP) is 5.62. The molecule has 5 atom stereocenters. The third kappa shape index (κ3) is 9.03. The highest BCUT2D eigenvalue weighted by Crippen LogP contribution is 2.42. The highest BCUT2D eigenvalue weighted by Gasteiger charge is 2.51. The van der Waals surface area contributed by atoms with Gasteiger partial charge in [0.25, 0.3) is 0 Å². The number of nitrogens with zero attached hydrogens (tertiary/aromatic N) is 2. The average Bonchev–Trinajstić information content (AvgIpc) is 3.49. The highest BCUT2D eigenvalue weighted by molar-refractivity contribution is 7.99. The Labute approximate surface area is 285 Å². The molecule has 2 aliphatic heterocycles. The average molecular weight is 681 g/mol. The number of hydrogen-bond acceptors (Lipinski definition) is 11. The number of rotatable bonds is 10. The van der Waals surface area contributed by atoms with E-state index in [0.717, 1.165) is 55.8 Å². The van der Waals surface area contributed by atoms with Crippen molar-refractivity contribution in [2.24, 2.45) is 0 Å². The maximum atomic E-state index is 12.2. The molecule has 2 aliphatic rings. The van der Waals surface area contributed by atoms with Crippen LogP contribution < -0.4 is 0 Å². The van der Waals surface area contributed by atoms with Crippen molar-refractivity contribution in [3.63, 3.8) is 0 Å². The number of carbonyl (C=O) groups excluding carboxylic acids is 3. The summed E-state index contributed by atoms with van der Waals surface area (Å²) in [5.41, 5.74) is 5.69. The van der Waals surface area contributed by atoms with Crippen LogP contribution in [-0.2, 0) is 46.3 Å². The molecule has 3 aromatic rings. The first-order chi connectivity index (χ1) is 22.5. The van der Waals surface area contributed by atoms with Crippen LogP contribution in [0.2, 0.25) is 0 Å². The van der Waals surface area contributed by atoms with E-state index in [2.05, 4.69) is 72.3 Å². The van der Waals surface area contributed by atoms with E-state index >= 15 is 0 Å². The van der Waals surface area contributed by atoms with Gasteiger partial charge in [-0.1, -0.05) is 36.4 Å². The number of benzene rings is 2. The fourth-order valence-corrected chi connectivity index (χ4v) is 8.17. The quantitative estimate of drug-likeness (QED) is 0.199. The van der Waals surface area contributed by atoms with Crippen LogP contribution in [0.5, 0.6) is 0 Å².